The Bertz CT molecular complexity index is 721. The Morgan fingerprint density at radius 3 is 2.58 bits per heavy atom. The van der Waals surface area contributed by atoms with Gasteiger partial charge in [0.2, 0.25) is 11.8 Å². The summed E-state index contributed by atoms with van der Waals surface area (Å²) in [6, 6.07) is 7.36. The molecule has 0 bridgehead atoms. The Morgan fingerprint density at radius 1 is 1.31 bits per heavy atom. The van der Waals surface area contributed by atoms with Gasteiger partial charge in [-0.15, -0.1) is 11.8 Å². The number of nitrogens with zero attached hydrogens (tertiary/aromatic N) is 1. The van der Waals surface area contributed by atoms with Gasteiger partial charge in [-0.25, -0.2) is 0 Å². The van der Waals surface area contributed by atoms with Crippen molar-refractivity contribution >= 4 is 35.2 Å². The number of aliphatic carboxylic acids is 1. The molecule has 1 aliphatic carbocycles. The van der Waals surface area contributed by atoms with Crippen molar-refractivity contribution in [1.82, 2.24) is 4.90 Å². The fourth-order valence-electron chi connectivity index (χ4n) is 4.14. The number of fused-ring (bicyclic) bond motifs is 1. The van der Waals surface area contributed by atoms with Gasteiger partial charge in [-0.1, -0.05) is 6.42 Å². The summed E-state index contributed by atoms with van der Waals surface area (Å²) in [6.45, 7) is 4.20. The molecule has 2 N–H and O–H groups in total. The number of hydrogen-bond acceptors (Lipinski definition) is 4. The third kappa shape index (κ3) is 3.58. The van der Waals surface area contributed by atoms with Gasteiger partial charge >= 0.3 is 5.97 Å². The minimum Gasteiger partial charge on any atom is -0.481 e. The molecular weight excluding hydrogens is 352 g/mol. The fourth-order valence-corrected chi connectivity index (χ4v) is 5.09. The molecule has 3 rings (SSSR count). The molecule has 1 aromatic rings. The molecular formula is C19H24N2O4S. The van der Waals surface area contributed by atoms with Gasteiger partial charge < -0.3 is 15.3 Å². The number of nitrogens with one attached hydrogen (secondary N) is 1. The van der Waals surface area contributed by atoms with Crippen molar-refractivity contribution in [2.45, 2.75) is 43.3 Å². The molecule has 2 fully saturated rings. The van der Waals surface area contributed by atoms with E-state index in [2.05, 4.69) is 5.32 Å². The highest BCUT2D eigenvalue weighted by Gasteiger charge is 2.56. The predicted molar refractivity (Wildman–Crippen MR) is 100 cm³/mol. The third-order valence-electron chi connectivity index (χ3n) is 5.44. The summed E-state index contributed by atoms with van der Waals surface area (Å²) in [5.74, 6) is -0.806. The van der Waals surface area contributed by atoms with E-state index in [0.717, 1.165) is 23.4 Å². The molecule has 140 valence electrons. The molecule has 2 amide bonds. The maximum atomic E-state index is 12.8. The van der Waals surface area contributed by atoms with Crippen LogP contribution < -0.4 is 5.32 Å². The van der Waals surface area contributed by atoms with Crippen LogP contribution in [0.3, 0.4) is 0 Å². The number of carboxylic acid groups (broad SMARTS) is 1. The van der Waals surface area contributed by atoms with E-state index < -0.39 is 11.4 Å². The minimum absolute atomic E-state index is 0.00374. The zero-order valence-corrected chi connectivity index (χ0v) is 15.8. The maximum absolute atomic E-state index is 12.8. The lowest BCUT2D eigenvalue weighted by atomic mass is 9.81. The normalized spacial score (nSPS) is 25.6. The van der Waals surface area contributed by atoms with Crippen LogP contribution in [-0.4, -0.2) is 46.1 Å². The molecule has 1 unspecified atom stereocenters. The van der Waals surface area contributed by atoms with E-state index in [1.165, 1.54) is 18.7 Å². The van der Waals surface area contributed by atoms with Gasteiger partial charge in [0.1, 0.15) is 0 Å². The largest absolute Gasteiger partial charge is 0.481 e. The van der Waals surface area contributed by atoms with Crippen LogP contribution in [0.1, 0.15) is 33.1 Å². The van der Waals surface area contributed by atoms with Gasteiger partial charge in [0.05, 0.1) is 10.7 Å². The Hall–Kier alpha value is -2.02. The molecule has 1 saturated carbocycles. The molecule has 26 heavy (non-hydrogen) atoms. The topological polar surface area (TPSA) is 86.7 Å². The number of rotatable bonds is 5. The van der Waals surface area contributed by atoms with Crippen LogP contribution >= 0.6 is 11.8 Å². The van der Waals surface area contributed by atoms with E-state index in [0.29, 0.717) is 19.5 Å². The van der Waals surface area contributed by atoms with E-state index in [9.17, 15) is 19.5 Å². The summed E-state index contributed by atoms with van der Waals surface area (Å²) in [5, 5.41) is 12.1. The molecule has 0 radical (unpaired) electrons. The highest BCUT2D eigenvalue weighted by Crippen LogP contribution is 2.49. The van der Waals surface area contributed by atoms with E-state index in [1.54, 1.807) is 17.0 Å². The first kappa shape index (κ1) is 18.8. The van der Waals surface area contributed by atoms with Gasteiger partial charge in [-0.05, 0) is 49.9 Å². The van der Waals surface area contributed by atoms with Gasteiger partial charge in [-0.3, -0.25) is 14.4 Å². The van der Waals surface area contributed by atoms with Crippen molar-refractivity contribution < 1.29 is 19.5 Å². The van der Waals surface area contributed by atoms with E-state index >= 15 is 0 Å². The van der Waals surface area contributed by atoms with Gasteiger partial charge in [0.15, 0.2) is 0 Å². The quantitative estimate of drug-likeness (QED) is 0.772. The molecule has 1 heterocycles. The van der Waals surface area contributed by atoms with Crippen LogP contribution in [0.2, 0.25) is 0 Å². The van der Waals surface area contributed by atoms with Crippen LogP contribution in [0.5, 0.6) is 0 Å². The molecule has 7 heteroatoms. The Labute approximate surface area is 157 Å². The number of amides is 2. The zero-order valence-electron chi connectivity index (χ0n) is 15.0. The average Bonchev–Trinajstić information content (AvgIpc) is 3.13. The molecule has 1 aromatic carbocycles. The highest BCUT2D eigenvalue weighted by atomic mass is 32.2. The number of thioether (sulfide) groups is 1. The van der Waals surface area contributed by atoms with Crippen LogP contribution in [-0.2, 0) is 14.4 Å². The zero-order chi connectivity index (χ0) is 18.9. The van der Waals surface area contributed by atoms with Gasteiger partial charge in [-0.2, -0.15) is 0 Å². The molecule has 2 aliphatic rings. The van der Waals surface area contributed by atoms with Crippen LogP contribution in [0.4, 0.5) is 5.69 Å². The van der Waals surface area contributed by atoms with Crippen LogP contribution in [0.25, 0.3) is 0 Å². The second kappa shape index (κ2) is 7.31. The first-order valence-corrected chi connectivity index (χ1v) is 9.76. The predicted octanol–water partition coefficient (Wildman–Crippen LogP) is 2.84. The minimum atomic E-state index is -0.760. The van der Waals surface area contributed by atoms with E-state index in [4.69, 9.17) is 0 Å². The summed E-state index contributed by atoms with van der Waals surface area (Å²) in [4.78, 5) is 38.3. The number of anilines is 1. The first-order chi connectivity index (χ1) is 12.3. The fraction of sp³-hybridized carbons (Fsp3) is 0.526. The number of hydrogen-bond donors (Lipinski definition) is 2. The van der Waals surface area contributed by atoms with Crippen LogP contribution in [0, 0.1) is 11.3 Å². The highest BCUT2D eigenvalue weighted by molar-refractivity contribution is 8.00. The average molecular weight is 376 g/mol. The second-order valence-corrected chi connectivity index (χ2v) is 8.65. The van der Waals surface area contributed by atoms with Crippen LogP contribution in [0.15, 0.2) is 29.2 Å². The lowest BCUT2D eigenvalue weighted by Gasteiger charge is -2.24. The molecule has 1 saturated heterocycles. The molecule has 3 atom stereocenters. The Balaban J connectivity index is 1.62. The number of likely N-dealkylation sites (tertiary alicyclic amines) is 1. The first-order valence-electron chi connectivity index (χ1n) is 8.88. The SMILES string of the molecule is CC(=O)Nc1ccc(SC(C)C(=O)N2C[C@@H]3CCC[C@@]3(C(=O)O)C2)cc1. The summed E-state index contributed by atoms with van der Waals surface area (Å²) in [6.07, 6.45) is 2.50. The summed E-state index contributed by atoms with van der Waals surface area (Å²) >= 11 is 1.45. The number of carbonyl (C=O) groups excluding carboxylic acids is 2. The summed E-state index contributed by atoms with van der Waals surface area (Å²) < 4.78 is 0. The maximum Gasteiger partial charge on any atom is 0.311 e. The number of benzene rings is 1. The standard InChI is InChI=1S/C19H24N2O4S/c1-12(26-16-7-5-15(6-8-16)20-13(2)22)17(23)21-10-14-4-3-9-19(14,11-21)18(24)25/h5-8,12,14H,3-4,9-11H2,1-2H3,(H,20,22)(H,24,25)/t12?,14-,19+/m0/s1. The molecule has 6 nitrogen and oxygen atoms in total. The lowest BCUT2D eigenvalue weighted by molar-refractivity contribution is -0.149. The van der Waals surface area contributed by atoms with Crippen molar-refractivity contribution in [1.29, 1.82) is 0 Å². The summed E-state index contributed by atoms with van der Waals surface area (Å²) in [5.41, 5.74) is -0.0170. The smallest absolute Gasteiger partial charge is 0.311 e. The Kier molecular flexibility index (Phi) is 5.27. The molecule has 0 aromatic heterocycles. The summed E-state index contributed by atoms with van der Waals surface area (Å²) in [7, 11) is 0. The second-order valence-electron chi connectivity index (χ2n) is 7.23. The lowest BCUT2D eigenvalue weighted by Crippen LogP contribution is -2.39. The monoisotopic (exact) mass is 376 g/mol. The number of carboxylic acids is 1. The molecule has 0 spiro atoms. The third-order valence-corrected chi connectivity index (χ3v) is 6.54. The van der Waals surface area contributed by atoms with Crippen molar-refractivity contribution in [3.8, 4) is 0 Å². The van der Waals surface area contributed by atoms with Gasteiger partial charge in [0, 0.05) is 30.6 Å². The van der Waals surface area contributed by atoms with E-state index in [-0.39, 0.29) is 23.0 Å². The van der Waals surface area contributed by atoms with Crippen molar-refractivity contribution in [2.75, 3.05) is 18.4 Å². The van der Waals surface area contributed by atoms with Gasteiger partial charge in [0.25, 0.3) is 0 Å². The molecule has 1 aliphatic heterocycles. The van der Waals surface area contributed by atoms with Crippen molar-refractivity contribution in [2.24, 2.45) is 11.3 Å². The number of carbonyl (C=O) groups is 3. The Morgan fingerprint density at radius 2 is 2.00 bits per heavy atom. The van der Waals surface area contributed by atoms with Crippen molar-refractivity contribution in [3.05, 3.63) is 24.3 Å². The van der Waals surface area contributed by atoms with Crippen molar-refractivity contribution in [3.63, 3.8) is 0 Å². The van der Waals surface area contributed by atoms with E-state index in [1.807, 2.05) is 19.1 Å².